The number of ether oxygens (including phenoxy) is 2. The van der Waals surface area contributed by atoms with E-state index in [2.05, 4.69) is 5.16 Å². The van der Waals surface area contributed by atoms with E-state index in [1.54, 1.807) is 0 Å². The van der Waals surface area contributed by atoms with Gasteiger partial charge in [-0.05, 0) is 12.8 Å². The Hall–Kier alpha value is -0.320. The van der Waals surface area contributed by atoms with E-state index in [4.69, 9.17) is 26.3 Å². The maximum absolute atomic E-state index is 8.84. The fourth-order valence-corrected chi connectivity index (χ4v) is 1.72. The van der Waals surface area contributed by atoms with Gasteiger partial charge in [-0.25, -0.2) is 0 Å². The summed E-state index contributed by atoms with van der Waals surface area (Å²) in [6.45, 7) is 3.76. The van der Waals surface area contributed by atoms with Crippen molar-refractivity contribution >= 4 is 17.3 Å². The summed E-state index contributed by atoms with van der Waals surface area (Å²) in [4.78, 5) is 0. The summed E-state index contributed by atoms with van der Waals surface area (Å²) in [5, 5.41) is 11.6. The van der Waals surface area contributed by atoms with Gasteiger partial charge in [0.1, 0.15) is 5.71 Å². The lowest BCUT2D eigenvalue weighted by Crippen LogP contribution is -2.50. The van der Waals surface area contributed by atoms with E-state index in [1.165, 1.54) is 14.2 Å². The number of hydrogen-bond donors (Lipinski definition) is 1. The fourth-order valence-electron chi connectivity index (χ4n) is 1.41. The van der Waals surface area contributed by atoms with E-state index in [0.717, 1.165) is 0 Å². The minimum atomic E-state index is -1.13. The first kappa shape index (κ1) is 13.7. The van der Waals surface area contributed by atoms with Gasteiger partial charge >= 0.3 is 0 Å². The molecule has 0 bridgehead atoms. The third kappa shape index (κ3) is 2.38. The zero-order valence-electron chi connectivity index (χ0n) is 9.08. The van der Waals surface area contributed by atoms with Gasteiger partial charge in [0.05, 0.1) is 5.38 Å². The van der Waals surface area contributed by atoms with Gasteiger partial charge in [-0.15, -0.1) is 11.6 Å². The average molecular weight is 224 g/mol. The highest BCUT2D eigenvalue weighted by Crippen LogP contribution is 2.27. The van der Waals surface area contributed by atoms with Gasteiger partial charge < -0.3 is 14.7 Å². The first-order valence-electron chi connectivity index (χ1n) is 4.58. The molecule has 84 valence electrons. The van der Waals surface area contributed by atoms with Crippen LogP contribution in [0, 0.1) is 0 Å². The second kappa shape index (κ2) is 6.22. The summed E-state index contributed by atoms with van der Waals surface area (Å²) >= 11 is 6.10. The highest BCUT2D eigenvalue weighted by molar-refractivity contribution is 6.23. The number of halogens is 1. The van der Waals surface area contributed by atoms with Crippen molar-refractivity contribution in [3.05, 3.63) is 0 Å². The van der Waals surface area contributed by atoms with Crippen LogP contribution in [0.15, 0.2) is 5.16 Å². The molecule has 0 heterocycles. The van der Waals surface area contributed by atoms with E-state index in [0.29, 0.717) is 18.6 Å². The summed E-state index contributed by atoms with van der Waals surface area (Å²) in [6.07, 6.45) is 1.17. The molecule has 14 heavy (non-hydrogen) atoms. The summed E-state index contributed by atoms with van der Waals surface area (Å²) < 4.78 is 10.5. The smallest absolute Gasteiger partial charge is 0.228 e. The van der Waals surface area contributed by atoms with Crippen LogP contribution in [0.5, 0.6) is 0 Å². The Morgan fingerprint density at radius 1 is 1.43 bits per heavy atom. The molecule has 1 N–H and O–H groups in total. The second-order valence-electron chi connectivity index (χ2n) is 2.85. The maximum Gasteiger partial charge on any atom is 0.228 e. The van der Waals surface area contributed by atoms with Crippen LogP contribution in [0.25, 0.3) is 0 Å². The quantitative estimate of drug-likeness (QED) is 0.247. The summed E-state index contributed by atoms with van der Waals surface area (Å²) in [5.74, 6) is -1.13. The Kier molecular flexibility index (Phi) is 6.08. The standard InChI is InChI=1S/C9H18ClNO3/c1-5-7(10)9(13-3,14-4)8(6-2)11-12/h7,12H,5-6H2,1-4H3. The molecule has 5 heteroatoms. The van der Waals surface area contributed by atoms with Crippen LogP contribution in [0.4, 0.5) is 0 Å². The molecule has 4 nitrogen and oxygen atoms in total. The number of rotatable bonds is 6. The van der Waals surface area contributed by atoms with Gasteiger partial charge in [0.25, 0.3) is 0 Å². The van der Waals surface area contributed by atoms with E-state index in [1.807, 2.05) is 13.8 Å². The monoisotopic (exact) mass is 223 g/mol. The first-order chi connectivity index (χ1) is 6.62. The summed E-state index contributed by atoms with van der Waals surface area (Å²) in [7, 11) is 2.96. The Bertz CT molecular complexity index is 192. The highest BCUT2D eigenvalue weighted by Gasteiger charge is 2.42. The molecule has 0 rings (SSSR count). The Morgan fingerprint density at radius 2 is 1.93 bits per heavy atom. The van der Waals surface area contributed by atoms with E-state index in [-0.39, 0.29) is 5.38 Å². The van der Waals surface area contributed by atoms with E-state index < -0.39 is 5.79 Å². The molecule has 0 radical (unpaired) electrons. The minimum Gasteiger partial charge on any atom is -0.411 e. The SMILES string of the molecule is CCC(=NO)C(OC)(OC)C(Cl)CC. The van der Waals surface area contributed by atoms with Crippen LogP contribution in [-0.4, -0.2) is 36.3 Å². The van der Waals surface area contributed by atoms with Gasteiger partial charge in [-0.2, -0.15) is 0 Å². The van der Waals surface area contributed by atoms with Crippen molar-refractivity contribution in [2.45, 2.75) is 37.9 Å². The normalized spacial score (nSPS) is 15.6. The molecule has 0 spiro atoms. The minimum absolute atomic E-state index is 0.386. The van der Waals surface area contributed by atoms with Crippen molar-refractivity contribution in [3.8, 4) is 0 Å². The second-order valence-corrected chi connectivity index (χ2v) is 3.38. The van der Waals surface area contributed by atoms with Crippen LogP contribution in [0.3, 0.4) is 0 Å². The average Bonchev–Trinajstić information content (AvgIpc) is 2.25. The summed E-state index contributed by atoms with van der Waals surface area (Å²) in [5.41, 5.74) is 0.393. The predicted molar refractivity (Wildman–Crippen MR) is 56.2 cm³/mol. The third-order valence-electron chi connectivity index (χ3n) is 2.24. The molecule has 0 amide bonds. The molecule has 0 aliphatic heterocycles. The van der Waals surface area contributed by atoms with Gasteiger partial charge in [0.15, 0.2) is 0 Å². The Morgan fingerprint density at radius 3 is 2.14 bits per heavy atom. The number of hydrogen-bond acceptors (Lipinski definition) is 4. The predicted octanol–water partition coefficient (Wildman–Crippen LogP) is 2.23. The van der Waals surface area contributed by atoms with Crippen LogP contribution < -0.4 is 0 Å². The van der Waals surface area contributed by atoms with Crippen molar-refractivity contribution in [1.82, 2.24) is 0 Å². The van der Waals surface area contributed by atoms with Crippen LogP contribution in [0.1, 0.15) is 26.7 Å². The van der Waals surface area contributed by atoms with Gasteiger partial charge in [-0.3, -0.25) is 0 Å². The van der Waals surface area contributed by atoms with Crippen molar-refractivity contribution < 1.29 is 14.7 Å². The highest BCUT2D eigenvalue weighted by atomic mass is 35.5. The topological polar surface area (TPSA) is 51.1 Å². The van der Waals surface area contributed by atoms with Crippen LogP contribution in [0.2, 0.25) is 0 Å². The molecule has 1 atom stereocenters. The molecule has 0 aliphatic carbocycles. The largest absolute Gasteiger partial charge is 0.411 e. The lowest BCUT2D eigenvalue weighted by molar-refractivity contribution is -0.157. The van der Waals surface area contributed by atoms with E-state index in [9.17, 15) is 0 Å². The number of nitrogens with zero attached hydrogens (tertiary/aromatic N) is 1. The van der Waals surface area contributed by atoms with Crippen molar-refractivity contribution in [1.29, 1.82) is 0 Å². The van der Waals surface area contributed by atoms with Crippen molar-refractivity contribution in [2.24, 2.45) is 5.16 Å². The van der Waals surface area contributed by atoms with Crippen molar-refractivity contribution in [2.75, 3.05) is 14.2 Å². The fraction of sp³-hybridized carbons (Fsp3) is 0.889. The lowest BCUT2D eigenvalue weighted by Gasteiger charge is -2.34. The Balaban J connectivity index is 5.04. The Labute approximate surface area is 89.8 Å². The lowest BCUT2D eigenvalue weighted by atomic mass is 10.0. The molecule has 0 aromatic carbocycles. The molecule has 0 fully saturated rings. The molecule has 0 aliphatic rings. The van der Waals surface area contributed by atoms with Crippen LogP contribution >= 0.6 is 11.6 Å². The number of oxime groups is 1. The van der Waals surface area contributed by atoms with E-state index >= 15 is 0 Å². The number of methoxy groups -OCH3 is 2. The molecular formula is C9H18ClNO3. The van der Waals surface area contributed by atoms with Gasteiger partial charge in [-0.1, -0.05) is 19.0 Å². The molecule has 0 saturated carbocycles. The van der Waals surface area contributed by atoms with Crippen molar-refractivity contribution in [3.63, 3.8) is 0 Å². The zero-order chi connectivity index (χ0) is 11.2. The van der Waals surface area contributed by atoms with Gasteiger partial charge in [0, 0.05) is 14.2 Å². The molecule has 0 saturated heterocycles. The van der Waals surface area contributed by atoms with Gasteiger partial charge in [0.2, 0.25) is 5.79 Å². The molecule has 0 aromatic heterocycles. The third-order valence-corrected chi connectivity index (χ3v) is 2.83. The van der Waals surface area contributed by atoms with Crippen LogP contribution in [-0.2, 0) is 9.47 Å². The number of alkyl halides is 1. The maximum atomic E-state index is 8.84. The first-order valence-corrected chi connectivity index (χ1v) is 5.02. The molecular weight excluding hydrogens is 206 g/mol. The summed E-state index contributed by atoms with van der Waals surface area (Å²) in [6, 6.07) is 0. The zero-order valence-corrected chi connectivity index (χ0v) is 9.84. The molecule has 1 unspecified atom stereocenters. The molecule has 0 aromatic rings.